The Balaban J connectivity index is 1.74. The van der Waals surface area contributed by atoms with Crippen molar-refractivity contribution in [2.24, 2.45) is 5.92 Å². The standard InChI is InChI=1S/C19H16F5NO2/c20-16-5-4-14(10-17(16)21)13-3-1-11(8-13)7-12-2-6-18(25(26)27)15(9-12)19(22,23)24/h2,4-6,9-11,13H,1,3,7-8H2/t11?,13-/m0/s1. The number of hydrogen-bond acceptors (Lipinski definition) is 2. The van der Waals surface area contributed by atoms with Crippen molar-refractivity contribution in [1.82, 2.24) is 0 Å². The fourth-order valence-corrected chi connectivity index (χ4v) is 3.76. The summed E-state index contributed by atoms with van der Waals surface area (Å²) in [6.45, 7) is 0. The van der Waals surface area contributed by atoms with Gasteiger partial charge in [0.2, 0.25) is 0 Å². The van der Waals surface area contributed by atoms with Gasteiger partial charge in [-0.2, -0.15) is 13.2 Å². The fourth-order valence-electron chi connectivity index (χ4n) is 3.76. The molecule has 0 aliphatic heterocycles. The van der Waals surface area contributed by atoms with E-state index in [2.05, 4.69) is 0 Å². The number of nitrogens with zero attached hydrogens (tertiary/aromatic N) is 1. The Bertz CT molecular complexity index is 866. The number of nitro benzene ring substituents is 1. The van der Waals surface area contributed by atoms with E-state index in [1.807, 2.05) is 0 Å². The summed E-state index contributed by atoms with van der Waals surface area (Å²) in [6.07, 6.45) is -2.34. The number of halogens is 5. The van der Waals surface area contributed by atoms with Crippen LogP contribution in [-0.2, 0) is 12.6 Å². The molecule has 0 spiro atoms. The van der Waals surface area contributed by atoms with E-state index in [1.165, 1.54) is 12.1 Å². The summed E-state index contributed by atoms with van der Waals surface area (Å²) in [5.41, 5.74) is -1.16. The molecule has 2 atom stereocenters. The van der Waals surface area contributed by atoms with Gasteiger partial charge in [0.15, 0.2) is 11.6 Å². The Hall–Kier alpha value is -2.51. The zero-order chi connectivity index (χ0) is 19.8. The molecule has 2 aromatic rings. The first-order valence-electron chi connectivity index (χ1n) is 8.44. The average Bonchev–Trinajstić information content (AvgIpc) is 3.05. The summed E-state index contributed by atoms with van der Waals surface area (Å²) in [6, 6.07) is 6.83. The van der Waals surface area contributed by atoms with Crippen LogP contribution in [-0.4, -0.2) is 4.92 Å². The predicted molar refractivity (Wildman–Crippen MR) is 88.2 cm³/mol. The lowest BCUT2D eigenvalue weighted by molar-refractivity contribution is -0.388. The second-order valence-electron chi connectivity index (χ2n) is 6.86. The Morgan fingerprint density at radius 3 is 2.41 bits per heavy atom. The van der Waals surface area contributed by atoms with E-state index >= 15 is 0 Å². The molecule has 1 fully saturated rings. The Labute approximate surface area is 152 Å². The first-order valence-corrected chi connectivity index (χ1v) is 8.44. The molecule has 0 radical (unpaired) electrons. The maximum Gasteiger partial charge on any atom is 0.423 e. The van der Waals surface area contributed by atoms with Crippen molar-refractivity contribution >= 4 is 5.69 Å². The van der Waals surface area contributed by atoms with Crippen LogP contribution in [0, 0.1) is 27.7 Å². The molecule has 0 heterocycles. The molecule has 1 unspecified atom stereocenters. The number of alkyl halides is 3. The lowest BCUT2D eigenvalue weighted by Crippen LogP contribution is -2.10. The van der Waals surface area contributed by atoms with Crippen molar-refractivity contribution in [2.75, 3.05) is 0 Å². The van der Waals surface area contributed by atoms with Gasteiger partial charge in [-0.1, -0.05) is 12.1 Å². The summed E-state index contributed by atoms with van der Waals surface area (Å²) in [7, 11) is 0. The smallest absolute Gasteiger partial charge is 0.258 e. The van der Waals surface area contributed by atoms with Gasteiger partial charge < -0.3 is 0 Å². The van der Waals surface area contributed by atoms with E-state index in [9.17, 15) is 32.1 Å². The molecule has 27 heavy (non-hydrogen) atoms. The molecule has 2 aromatic carbocycles. The zero-order valence-electron chi connectivity index (χ0n) is 14.1. The highest BCUT2D eigenvalue weighted by Crippen LogP contribution is 2.41. The van der Waals surface area contributed by atoms with E-state index in [0.29, 0.717) is 24.0 Å². The third kappa shape index (κ3) is 4.26. The van der Waals surface area contributed by atoms with Crippen LogP contribution < -0.4 is 0 Å². The second kappa shape index (κ2) is 7.25. The molecule has 3 nitrogen and oxygen atoms in total. The summed E-state index contributed by atoms with van der Waals surface area (Å²) >= 11 is 0. The van der Waals surface area contributed by atoms with Gasteiger partial charge in [0, 0.05) is 6.07 Å². The second-order valence-corrected chi connectivity index (χ2v) is 6.86. The molecular formula is C19H16F5NO2. The number of nitro groups is 1. The first-order chi connectivity index (χ1) is 12.6. The number of rotatable bonds is 4. The van der Waals surface area contributed by atoms with Crippen molar-refractivity contribution < 1.29 is 26.9 Å². The lowest BCUT2D eigenvalue weighted by Gasteiger charge is -2.14. The first kappa shape index (κ1) is 19.3. The predicted octanol–water partition coefficient (Wildman–Crippen LogP) is 6.02. The van der Waals surface area contributed by atoms with Crippen molar-refractivity contribution in [3.05, 3.63) is 74.8 Å². The van der Waals surface area contributed by atoms with E-state index in [4.69, 9.17) is 0 Å². The van der Waals surface area contributed by atoms with Gasteiger partial charge in [0.1, 0.15) is 5.56 Å². The van der Waals surface area contributed by atoms with Gasteiger partial charge in [-0.05, 0) is 66.8 Å². The van der Waals surface area contributed by atoms with E-state index in [-0.39, 0.29) is 11.8 Å². The average molecular weight is 385 g/mol. The Morgan fingerprint density at radius 2 is 1.78 bits per heavy atom. The molecule has 1 saturated carbocycles. The highest BCUT2D eigenvalue weighted by atomic mass is 19.4. The Morgan fingerprint density at radius 1 is 1.04 bits per heavy atom. The molecule has 0 bridgehead atoms. The lowest BCUT2D eigenvalue weighted by atomic mass is 9.92. The van der Waals surface area contributed by atoms with Gasteiger partial charge in [-0.15, -0.1) is 0 Å². The summed E-state index contributed by atoms with van der Waals surface area (Å²) in [5.74, 6) is -1.74. The van der Waals surface area contributed by atoms with Crippen LogP contribution in [0.5, 0.6) is 0 Å². The van der Waals surface area contributed by atoms with E-state index < -0.39 is 34.0 Å². The van der Waals surface area contributed by atoms with Crippen molar-refractivity contribution in [3.8, 4) is 0 Å². The van der Waals surface area contributed by atoms with Crippen molar-refractivity contribution in [2.45, 2.75) is 37.8 Å². The quantitative estimate of drug-likeness (QED) is 0.367. The van der Waals surface area contributed by atoms with Crippen molar-refractivity contribution in [3.63, 3.8) is 0 Å². The number of hydrogen-bond donors (Lipinski definition) is 0. The fraction of sp³-hybridized carbons (Fsp3) is 0.368. The molecule has 0 amide bonds. The molecule has 8 heteroatoms. The molecule has 0 saturated heterocycles. The third-order valence-corrected chi connectivity index (χ3v) is 5.04. The highest BCUT2D eigenvalue weighted by Gasteiger charge is 2.38. The van der Waals surface area contributed by atoms with Crippen LogP contribution in [0.2, 0.25) is 0 Å². The third-order valence-electron chi connectivity index (χ3n) is 5.04. The van der Waals surface area contributed by atoms with Crippen LogP contribution >= 0.6 is 0 Å². The van der Waals surface area contributed by atoms with Gasteiger partial charge in [-0.3, -0.25) is 10.1 Å². The van der Waals surface area contributed by atoms with Gasteiger partial charge >= 0.3 is 6.18 Å². The van der Waals surface area contributed by atoms with E-state index in [0.717, 1.165) is 37.1 Å². The minimum Gasteiger partial charge on any atom is -0.258 e. The van der Waals surface area contributed by atoms with Crippen LogP contribution in [0.25, 0.3) is 0 Å². The monoisotopic (exact) mass is 385 g/mol. The van der Waals surface area contributed by atoms with Crippen LogP contribution in [0.1, 0.15) is 41.9 Å². The van der Waals surface area contributed by atoms with Gasteiger partial charge in [-0.25, -0.2) is 8.78 Å². The summed E-state index contributed by atoms with van der Waals surface area (Å²) in [5, 5.41) is 10.8. The van der Waals surface area contributed by atoms with Gasteiger partial charge in [0.05, 0.1) is 4.92 Å². The topological polar surface area (TPSA) is 43.1 Å². The highest BCUT2D eigenvalue weighted by molar-refractivity contribution is 5.45. The molecule has 0 aromatic heterocycles. The van der Waals surface area contributed by atoms with Crippen LogP contribution in [0.15, 0.2) is 36.4 Å². The summed E-state index contributed by atoms with van der Waals surface area (Å²) < 4.78 is 65.7. The number of benzene rings is 2. The maximum absolute atomic E-state index is 13.4. The molecular weight excluding hydrogens is 369 g/mol. The minimum absolute atomic E-state index is 0.0187. The maximum atomic E-state index is 13.4. The zero-order valence-corrected chi connectivity index (χ0v) is 14.1. The molecule has 0 N–H and O–H groups in total. The van der Waals surface area contributed by atoms with Gasteiger partial charge in [0.25, 0.3) is 5.69 Å². The largest absolute Gasteiger partial charge is 0.423 e. The van der Waals surface area contributed by atoms with Crippen molar-refractivity contribution in [1.29, 1.82) is 0 Å². The molecule has 3 rings (SSSR count). The normalized spacial score (nSPS) is 20.0. The van der Waals surface area contributed by atoms with E-state index in [1.54, 1.807) is 0 Å². The SMILES string of the molecule is O=[N+]([O-])c1ccc(CC2CC[C@H](c3ccc(F)c(F)c3)C2)cc1C(F)(F)F. The van der Waals surface area contributed by atoms with Crippen LogP contribution in [0.3, 0.4) is 0 Å². The Kier molecular flexibility index (Phi) is 5.17. The van der Waals surface area contributed by atoms with Crippen LogP contribution in [0.4, 0.5) is 27.6 Å². The molecule has 1 aliphatic carbocycles. The molecule has 144 valence electrons. The summed E-state index contributed by atoms with van der Waals surface area (Å²) in [4.78, 5) is 9.78. The minimum atomic E-state index is -4.80. The molecule has 1 aliphatic rings.